The number of methoxy groups -OCH3 is 1. The fraction of sp³-hybridized carbons (Fsp3) is 0.417. The molecule has 4 rings (SSSR count). The molecule has 184 valence electrons. The number of nitrogens with zero attached hydrogens (tertiary/aromatic N) is 6. The van der Waals surface area contributed by atoms with E-state index in [1.807, 2.05) is 54.2 Å². The first-order valence-electron chi connectivity index (χ1n) is 11.4. The minimum Gasteiger partial charge on any atom is -0.497 e. The minimum atomic E-state index is -0.225. The number of rotatable bonds is 8. The van der Waals surface area contributed by atoms with Crippen LogP contribution >= 0.6 is 11.8 Å². The summed E-state index contributed by atoms with van der Waals surface area (Å²) >= 11 is 1.33. The number of morpholine rings is 1. The second kappa shape index (κ2) is 10.8. The maximum absolute atomic E-state index is 13.0. The lowest BCUT2D eigenvalue weighted by Gasteiger charge is -2.27. The van der Waals surface area contributed by atoms with Gasteiger partial charge in [0.15, 0.2) is 5.16 Å². The van der Waals surface area contributed by atoms with Gasteiger partial charge in [0.05, 0.1) is 31.6 Å². The van der Waals surface area contributed by atoms with Crippen LogP contribution in [0.5, 0.6) is 5.75 Å². The molecule has 0 atom stereocenters. The van der Waals surface area contributed by atoms with Gasteiger partial charge in [-0.1, -0.05) is 11.8 Å². The molecule has 1 aliphatic heterocycles. The van der Waals surface area contributed by atoms with Crippen LogP contribution < -0.4 is 15.0 Å². The monoisotopic (exact) mass is 495 g/mol. The molecule has 2 aromatic heterocycles. The zero-order chi connectivity index (χ0) is 24.9. The van der Waals surface area contributed by atoms with Crippen LogP contribution in [0, 0.1) is 25.2 Å². The number of anilines is 2. The summed E-state index contributed by atoms with van der Waals surface area (Å²) in [4.78, 5) is 15.2. The number of amides is 1. The zero-order valence-electron chi connectivity index (χ0n) is 20.4. The Hall–Kier alpha value is -3.49. The van der Waals surface area contributed by atoms with Gasteiger partial charge >= 0.3 is 0 Å². The van der Waals surface area contributed by atoms with Gasteiger partial charge in [-0.3, -0.25) is 13.9 Å². The van der Waals surface area contributed by atoms with Gasteiger partial charge in [0.1, 0.15) is 17.6 Å². The number of hydrogen-bond donors (Lipinski definition) is 1. The lowest BCUT2D eigenvalue weighted by molar-refractivity contribution is -0.113. The van der Waals surface area contributed by atoms with Crippen molar-refractivity contribution in [2.75, 3.05) is 49.4 Å². The zero-order valence-corrected chi connectivity index (χ0v) is 21.2. The molecular formula is C24H29N7O3S. The van der Waals surface area contributed by atoms with Gasteiger partial charge in [0, 0.05) is 31.0 Å². The number of carbonyl (C=O) groups is 1. The Morgan fingerprint density at radius 1 is 1.23 bits per heavy atom. The number of benzene rings is 1. The van der Waals surface area contributed by atoms with Crippen molar-refractivity contribution in [3.63, 3.8) is 0 Å². The molecule has 1 amide bonds. The molecule has 0 radical (unpaired) electrons. The van der Waals surface area contributed by atoms with Gasteiger partial charge in [0.2, 0.25) is 11.9 Å². The van der Waals surface area contributed by atoms with Gasteiger partial charge < -0.3 is 19.7 Å². The van der Waals surface area contributed by atoms with E-state index in [2.05, 4.69) is 26.5 Å². The first kappa shape index (κ1) is 24.6. The average molecular weight is 496 g/mol. The molecule has 0 saturated carbocycles. The summed E-state index contributed by atoms with van der Waals surface area (Å²) < 4.78 is 14.6. The van der Waals surface area contributed by atoms with E-state index in [1.165, 1.54) is 11.8 Å². The summed E-state index contributed by atoms with van der Waals surface area (Å²) in [5.41, 5.74) is 2.99. The molecule has 3 heterocycles. The highest BCUT2D eigenvalue weighted by molar-refractivity contribution is 7.99. The summed E-state index contributed by atoms with van der Waals surface area (Å²) in [5, 5.41) is 22.1. The Bertz CT molecular complexity index is 1240. The number of nitriles is 1. The topological polar surface area (TPSA) is 110 Å². The first-order valence-corrected chi connectivity index (χ1v) is 12.4. The molecule has 1 aliphatic rings. The smallest absolute Gasteiger partial charge is 0.236 e. The summed E-state index contributed by atoms with van der Waals surface area (Å²) in [6, 6.07) is 9.74. The SMILES string of the molecule is CCn1c(SCC(=O)Nc2c(C#N)c(C)c(C)n2-c2ccc(OC)cc2)nnc1N1CCOCC1. The third-order valence-electron chi connectivity index (χ3n) is 6.05. The normalized spacial score (nSPS) is 13.5. The van der Waals surface area contributed by atoms with E-state index in [-0.39, 0.29) is 11.7 Å². The van der Waals surface area contributed by atoms with Gasteiger partial charge in [-0.2, -0.15) is 5.26 Å². The molecule has 1 N–H and O–H groups in total. The van der Waals surface area contributed by atoms with E-state index < -0.39 is 0 Å². The molecule has 0 aliphatic carbocycles. The number of thioether (sulfide) groups is 1. The van der Waals surface area contributed by atoms with Crippen molar-refractivity contribution in [3.05, 3.63) is 41.1 Å². The summed E-state index contributed by atoms with van der Waals surface area (Å²) in [6.45, 7) is 9.40. The van der Waals surface area contributed by atoms with Crippen molar-refractivity contribution >= 4 is 29.4 Å². The molecule has 1 aromatic carbocycles. The summed E-state index contributed by atoms with van der Waals surface area (Å²) in [7, 11) is 1.61. The van der Waals surface area contributed by atoms with Crippen LogP contribution in [0.1, 0.15) is 23.7 Å². The summed E-state index contributed by atoms with van der Waals surface area (Å²) in [5.74, 6) is 1.90. The van der Waals surface area contributed by atoms with Crippen LogP contribution in [0.2, 0.25) is 0 Å². The van der Waals surface area contributed by atoms with Crippen LogP contribution in [0.3, 0.4) is 0 Å². The minimum absolute atomic E-state index is 0.137. The van der Waals surface area contributed by atoms with Crippen LogP contribution in [0.4, 0.5) is 11.8 Å². The number of carbonyl (C=O) groups excluding carboxylic acids is 1. The molecule has 10 nitrogen and oxygen atoms in total. The Morgan fingerprint density at radius 3 is 2.57 bits per heavy atom. The molecule has 0 bridgehead atoms. The highest BCUT2D eigenvalue weighted by atomic mass is 32.2. The van der Waals surface area contributed by atoms with Crippen molar-refractivity contribution < 1.29 is 14.3 Å². The van der Waals surface area contributed by atoms with Crippen molar-refractivity contribution in [2.45, 2.75) is 32.5 Å². The quantitative estimate of drug-likeness (QED) is 0.475. The molecule has 0 unspecified atom stereocenters. The van der Waals surface area contributed by atoms with E-state index in [1.54, 1.807) is 7.11 Å². The molecule has 35 heavy (non-hydrogen) atoms. The van der Waals surface area contributed by atoms with Gasteiger partial charge in [-0.25, -0.2) is 0 Å². The van der Waals surface area contributed by atoms with E-state index in [4.69, 9.17) is 9.47 Å². The molecule has 11 heteroatoms. The van der Waals surface area contributed by atoms with Gasteiger partial charge in [-0.15, -0.1) is 10.2 Å². The second-order valence-electron chi connectivity index (χ2n) is 8.04. The first-order chi connectivity index (χ1) is 17.0. The maximum atomic E-state index is 13.0. The van der Waals surface area contributed by atoms with Crippen LogP contribution in [-0.4, -0.2) is 64.4 Å². The molecule has 0 spiro atoms. The van der Waals surface area contributed by atoms with Gasteiger partial charge in [-0.05, 0) is 50.6 Å². The Balaban J connectivity index is 1.53. The molecule has 3 aromatic rings. The fourth-order valence-electron chi connectivity index (χ4n) is 4.07. The van der Waals surface area contributed by atoms with Crippen molar-refractivity contribution in [1.29, 1.82) is 5.26 Å². The lowest BCUT2D eigenvalue weighted by Crippen LogP contribution is -2.38. The Morgan fingerprint density at radius 2 is 1.94 bits per heavy atom. The third kappa shape index (κ3) is 4.99. The number of ether oxygens (including phenoxy) is 2. The largest absolute Gasteiger partial charge is 0.497 e. The van der Waals surface area contributed by atoms with Crippen LogP contribution in [0.25, 0.3) is 5.69 Å². The maximum Gasteiger partial charge on any atom is 0.236 e. The highest BCUT2D eigenvalue weighted by Crippen LogP contribution is 2.31. The predicted molar refractivity (Wildman–Crippen MR) is 135 cm³/mol. The number of nitrogens with one attached hydrogen (secondary N) is 1. The lowest BCUT2D eigenvalue weighted by atomic mass is 10.2. The summed E-state index contributed by atoms with van der Waals surface area (Å²) in [6.07, 6.45) is 0. The van der Waals surface area contributed by atoms with E-state index in [0.29, 0.717) is 36.3 Å². The average Bonchev–Trinajstić information content (AvgIpc) is 3.41. The van der Waals surface area contributed by atoms with E-state index in [9.17, 15) is 10.1 Å². The number of aromatic nitrogens is 4. The van der Waals surface area contributed by atoms with E-state index >= 15 is 0 Å². The Labute approximate surface area is 208 Å². The van der Waals surface area contributed by atoms with Crippen molar-refractivity contribution in [3.8, 4) is 17.5 Å². The highest BCUT2D eigenvalue weighted by Gasteiger charge is 2.23. The predicted octanol–water partition coefficient (Wildman–Crippen LogP) is 3.15. The number of hydrogen-bond acceptors (Lipinski definition) is 8. The van der Waals surface area contributed by atoms with Crippen molar-refractivity contribution in [2.24, 2.45) is 0 Å². The third-order valence-corrected chi connectivity index (χ3v) is 7.02. The van der Waals surface area contributed by atoms with Crippen LogP contribution in [0.15, 0.2) is 29.4 Å². The fourth-order valence-corrected chi connectivity index (χ4v) is 4.87. The second-order valence-corrected chi connectivity index (χ2v) is 8.98. The molecule has 1 saturated heterocycles. The van der Waals surface area contributed by atoms with Crippen LogP contribution in [-0.2, 0) is 16.1 Å². The van der Waals surface area contributed by atoms with Gasteiger partial charge in [0.25, 0.3) is 0 Å². The Kier molecular flexibility index (Phi) is 7.63. The standard InChI is InChI=1S/C24H29N7O3S/c1-5-30-23(29-10-12-34-13-11-29)27-28-24(30)35-15-21(32)26-22-20(14-25)16(2)17(3)31(22)18-6-8-19(33-4)9-7-18/h6-9H,5,10-13,15H2,1-4H3,(H,26,32). The molecule has 1 fully saturated rings. The van der Waals surface area contributed by atoms with E-state index in [0.717, 1.165) is 41.7 Å². The molecular weight excluding hydrogens is 466 g/mol. The van der Waals surface area contributed by atoms with Crippen molar-refractivity contribution in [1.82, 2.24) is 19.3 Å².